The van der Waals surface area contributed by atoms with Gasteiger partial charge in [-0.1, -0.05) is 12.1 Å². The first-order chi connectivity index (χ1) is 9.10. The van der Waals surface area contributed by atoms with Crippen LogP contribution in [0, 0.1) is 5.41 Å². The number of aliphatic hydroxyl groups excluding tert-OH is 1. The molecule has 0 aliphatic carbocycles. The predicted molar refractivity (Wildman–Crippen MR) is 66.8 cm³/mol. The van der Waals surface area contributed by atoms with Crippen molar-refractivity contribution >= 4 is 5.97 Å². The van der Waals surface area contributed by atoms with Crippen molar-refractivity contribution in [3.8, 4) is 0 Å². The second kappa shape index (κ2) is 5.83. The highest BCUT2D eigenvalue weighted by Gasteiger charge is 2.39. The molecule has 0 aliphatic heterocycles. The summed E-state index contributed by atoms with van der Waals surface area (Å²) in [7, 11) is 0. The van der Waals surface area contributed by atoms with Gasteiger partial charge in [0.2, 0.25) is 0 Å². The lowest BCUT2D eigenvalue weighted by atomic mass is 9.82. The Bertz CT molecular complexity index is 481. The molecule has 0 heterocycles. The van der Waals surface area contributed by atoms with Crippen molar-refractivity contribution in [2.45, 2.75) is 33.1 Å². The second-order valence-electron chi connectivity index (χ2n) is 4.97. The van der Waals surface area contributed by atoms with Gasteiger partial charge in [-0.2, -0.15) is 13.2 Å². The number of hydrogen-bond acceptors (Lipinski definition) is 3. The number of carbonyl (C=O) groups excluding carboxylic acids is 1. The molecular formula is C14H17F3O3. The van der Waals surface area contributed by atoms with Crippen molar-refractivity contribution in [3.05, 3.63) is 35.4 Å². The Kier molecular flexibility index (Phi) is 4.81. The Morgan fingerprint density at radius 3 is 2.45 bits per heavy atom. The molecule has 112 valence electrons. The number of esters is 1. The molecular weight excluding hydrogens is 273 g/mol. The van der Waals surface area contributed by atoms with Crippen molar-refractivity contribution in [1.82, 2.24) is 0 Å². The van der Waals surface area contributed by atoms with Crippen molar-refractivity contribution < 1.29 is 27.8 Å². The van der Waals surface area contributed by atoms with E-state index in [2.05, 4.69) is 0 Å². The molecule has 6 heteroatoms. The number of rotatable bonds is 4. The van der Waals surface area contributed by atoms with E-state index in [9.17, 15) is 23.1 Å². The Morgan fingerprint density at radius 2 is 1.95 bits per heavy atom. The van der Waals surface area contributed by atoms with E-state index in [1.54, 1.807) is 6.92 Å². The molecule has 1 N–H and O–H groups in total. The smallest absolute Gasteiger partial charge is 0.416 e. The number of carbonyl (C=O) groups is 1. The highest BCUT2D eigenvalue weighted by atomic mass is 19.4. The monoisotopic (exact) mass is 290 g/mol. The summed E-state index contributed by atoms with van der Waals surface area (Å²) in [6.07, 6.45) is -5.88. The summed E-state index contributed by atoms with van der Waals surface area (Å²) >= 11 is 0. The minimum Gasteiger partial charge on any atom is -0.465 e. The summed E-state index contributed by atoms with van der Waals surface area (Å²) in [6, 6.07) is 4.29. The maximum atomic E-state index is 12.6. The molecule has 1 unspecified atom stereocenters. The summed E-state index contributed by atoms with van der Waals surface area (Å²) in [5.41, 5.74) is -2.17. The van der Waals surface area contributed by atoms with E-state index < -0.39 is 29.2 Å². The maximum Gasteiger partial charge on any atom is 0.416 e. The van der Waals surface area contributed by atoms with Crippen LogP contribution in [0.15, 0.2) is 24.3 Å². The van der Waals surface area contributed by atoms with Crippen LogP contribution in [0.4, 0.5) is 13.2 Å². The highest BCUT2D eigenvalue weighted by Crippen LogP contribution is 2.37. The van der Waals surface area contributed by atoms with Crippen molar-refractivity contribution in [2.24, 2.45) is 5.41 Å². The minimum atomic E-state index is -4.50. The van der Waals surface area contributed by atoms with Gasteiger partial charge in [-0.05, 0) is 38.5 Å². The van der Waals surface area contributed by atoms with Crippen LogP contribution < -0.4 is 0 Å². The van der Waals surface area contributed by atoms with Gasteiger partial charge < -0.3 is 9.84 Å². The van der Waals surface area contributed by atoms with Gasteiger partial charge in [0, 0.05) is 0 Å². The van der Waals surface area contributed by atoms with Gasteiger partial charge in [-0.3, -0.25) is 4.79 Å². The zero-order valence-electron chi connectivity index (χ0n) is 11.5. The lowest BCUT2D eigenvalue weighted by Crippen LogP contribution is -2.33. The van der Waals surface area contributed by atoms with Crippen LogP contribution in [0.2, 0.25) is 0 Å². The number of alkyl halides is 3. The minimum absolute atomic E-state index is 0.0258. The van der Waals surface area contributed by atoms with Crippen molar-refractivity contribution in [2.75, 3.05) is 6.61 Å². The number of ether oxygens (including phenoxy) is 1. The summed E-state index contributed by atoms with van der Waals surface area (Å²) in [5, 5.41) is 10.2. The van der Waals surface area contributed by atoms with Crippen LogP contribution in [-0.4, -0.2) is 17.7 Å². The fraction of sp³-hybridized carbons (Fsp3) is 0.500. The molecule has 1 aromatic carbocycles. The molecule has 0 saturated carbocycles. The summed E-state index contributed by atoms with van der Waals surface area (Å²) in [6.45, 7) is 4.61. The third kappa shape index (κ3) is 3.50. The van der Waals surface area contributed by atoms with E-state index in [0.717, 1.165) is 12.1 Å². The summed E-state index contributed by atoms with van der Waals surface area (Å²) in [5.74, 6) is -0.662. The van der Waals surface area contributed by atoms with Gasteiger partial charge in [0.1, 0.15) is 0 Å². The van der Waals surface area contributed by atoms with Gasteiger partial charge in [0.25, 0.3) is 0 Å². The molecule has 20 heavy (non-hydrogen) atoms. The van der Waals surface area contributed by atoms with Gasteiger partial charge >= 0.3 is 12.1 Å². The predicted octanol–water partition coefficient (Wildman–Crippen LogP) is 3.33. The first-order valence-corrected chi connectivity index (χ1v) is 6.13. The largest absolute Gasteiger partial charge is 0.465 e. The van der Waals surface area contributed by atoms with Crippen molar-refractivity contribution in [1.29, 1.82) is 0 Å². The van der Waals surface area contributed by atoms with E-state index >= 15 is 0 Å². The van der Waals surface area contributed by atoms with E-state index in [0.29, 0.717) is 0 Å². The van der Waals surface area contributed by atoms with Crippen LogP contribution in [0.25, 0.3) is 0 Å². The number of hydrogen-bond donors (Lipinski definition) is 1. The molecule has 1 atom stereocenters. The van der Waals surface area contributed by atoms with Gasteiger partial charge in [0.15, 0.2) is 0 Å². The summed E-state index contributed by atoms with van der Waals surface area (Å²) in [4.78, 5) is 11.8. The second-order valence-corrected chi connectivity index (χ2v) is 4.97. The molecule has 0 aromatic heterocycles. The lowest BCUT2D eigenvalue weighted by Gasteiger charge is -2.28. The Hall–Kier alpha value is -1.56. The third-order valence-corrected chi connectivity index (χ3v) is 3.01. The molecule has 0 saturated heterocycles. The molecule has 0 amide bonds. The average molecular weight is 290 g/mol. The third-order valence-electron chi connectivity index (χ3n) is 3.01. The van der Waals surface area contributed by atoms with Crippen LogP contribution in [0.1, 0.15) is 38.0 Å². The van der Waals surface area contributed by atoms with E-state index in [-0.39, 0.29) is 12.2 Å². The van der Waals surface area contributed by atoms with Gasteiger partial charge in [-0.25, -0.2) is 0 Å². The molecule has 0 fully saturated rings. The maximum absolute atomic E-state index is 12.6. The van der Waals surface area contributed by atoms with Crippen LogP contribution in [0.3, 0.4) is 0 Å². The Labute approximate surface area is 115 Å². The molecule has 1 aromatic rings. The van der Waals surface area contributed by atoms with Gasteiger partial charge in [0.05, 0.1) is 23.7 Å². The van der Waals surface area contributed by atoms with Crippen molar-refractivity contribution in [3.63, 3.8) is 0 Å². The fourth-order valence-electron chi connectivity index (χ4n) is 1.73. The number of aliphatic hydroxyl groups is 1. The lowest BCUT2D eigenvalue weighted by molar-refractivity contribution is -0.160. The zero-order chi connectivity index (χ0) is 15.6. The molecule has 0 radical (unpaired) electrons. The quantitative estimate of drug-likeness (QED) is 0.865. The van der Waals surface area contributed by atoms with E-state index in [4.69, 9.17) is 4.74 Å². The number of halogens is 3. The van der Waals surface area contributed by atoms with Crippen LogP contribution in [-0.2, 0) is 15.7 Å². The zero-order valence-corrected chi connectivity index (χ0v) is 11.5. The topological polar surface area (TPSA) is 46.5 Å². The molecule has 0 aliphatic rings. The van der Waals surface area contributed by atoms with Crippen LogP contribution in [0.5, 0.6) is 0 Å². The Balaban J connectivity index is 3.09. The average Bonchev–Trinajstić information content (AvgIpc) is 2.37. The fourth-order valence-corrected chi connectivity index (χ4v) is 1.73. The Morgan fingerprint density at radius 1 is 1.35 bits per heavy atom. The standard InChI is InChI=1S/C14H17F3O3/c1-4-20-12(19)13(2,3)11(18)9-6-5-7-10(8-9)14(15,16)17/h5-8,11,18H,4H2,1-3H3. The molecule has 0 bridgehead atoms. The van der Waals surface area contributed by atoms with E-state index in [1.165, 1.54) is 26.0 Å². The first kappa shape index (κ1) is 16.5. The first-order valence-electron chi connectivity index (χ1n) is 6.13. The van der Waals surface area contributed by atoms with Crippen LogP contribution >= 0.6 is 0 Å². The summed E-state index contributed by atoms with van der Waals surface area (Å²) < 4.78 is 42.7. The van der Waals surface area contributed by atoms with Gasteiger partial charge in [-0.15, -0.1) is 0 Å². The number of benzene rings is 1. The molecule has 1 rings (SSSR count). The molecule has 3 nitrogen and oxygen atoms in total. The highest BCUT2D eigenvalue weighted by molar-refractivity contribution is 5.77. The van der Waals surface area contributed by atoms with E-state index in [1.807, 2.05) is 0 Å². The normalized spacial score (nSPS) is 13.9. The SMILES string of the molecule is CCOC(=O)C(C)(C)C(O)c1cccc(C(F)(F)F)c1. The molecule has 0 spiro atoms.